The van der Waals surface area contributed by atoms with Crippen molar-refractivity contribution in [3.63, 3.8) is 0 Å². The molecule has 2 aromatic rings. The lowest BCUT2D eigenvalue weighted by molar-refractivity contribution is -0.116. The van der Waals surface area contributed by atoms with E-state index in [0.29, 0.717) is 12.0 Å². The van der Waals surface area contributed by atoms with Crippen molar-refractivity contribution in [3.8, 4) is 0 Å². The highest BCUT2D eigenvalue weighted by Gasteiger charge is 2.37. The van der Waals surface area contributed by atoms with E-state index in [1.165, 1.54) is 0 Å². The number of thioether (sulfide) groups is 1. The van der Waals surface area contributed by atoms with Crippen molar-refractivity contribution in [2.45, 2.75) is 32.7 Å². The van der Waals surface area contributed by atoms with E-state index in [1.54, 1.807) is 11.8 Å². The number of amides is 2. The average Bonchev–Trinajstić information content (AvgIpc) is 2.78. The monoisotopic (exact) mass is 434 g/mol. The van der Waals surface area contributed by atoms with Crippen molar-refractivity contribution in [1.82, 2.24) is 4.90 Å². The van der Waals surface area contributed by atoms with E-state index in [2.05, 4.69) is 15.5 Å². The number of hydrogen-bond donors (Lipinski definition) is 2. The number of anilines is 2. The molecule has 0 radical (unpaired) electrons. The molecule has 160 valence electrons. The van der Waals surface area contributed by atoms with E-state index in [4.69, 9.17) is 4.99 Å². The molecule has 0 spiro atoms. The van der Waals surface area contributed by atoms with Crippen LogP contribution in [0.4, 0.5) is 11.4 Å². The third kappa shape index (κ3) is 4.66. The van der Waals surface area contributed by atoms with Gasteiger partial charge in [0, 0.05) is 30.1 Å². The van der Waals surface area contributed by atoms with E-state index < -0.39 is 0 Å². The van der Waals surface area contributed by atoms with Gasteiger partial charge in [-0.05, 0) is 43.2 Å². The topological polar surface area (TPSA) is 73.8 Å². The van der Waals surface area contributed by atoms with E-state index in [9.17, 15) is 9.59 Å². The SMILES string of the molecule is CCC(=O)Nc1cccc(C2C(C(=O)Nc3ccccc3)=C(C)N=C3SCCCN32)c1. The van der Waals surface area contributed by atoms with Crippen LogP contribution in [0.3, 0.4) is 0 Å². The van der Waals surface area contributed by atoms with Gasteiger partial charge in [-0.2, -0.15) is 0 Å². The fourth-order valence-corrected chi connectivity index (χ4v) is 4.88. The van der Waals surface area contributed by atoms with Gasteiger partial charge in [0.25, 0.3) is 5.91 Å². The minimum Gasteiger partial charge on any atom is -0.340 e. The van der Waals surface area contributed by atoms with Gasteiger partial charge in [-0.25, -0.2) is 4.99 Å². The van der Waals surface area contributed by atoms with Gasteiger partial charge in [-0.3, -0.25) is 9.59 Å². The van der Waals surface area contributed by atoms with E-state index in [-0.39, 0.29) is 17.9 Å². The van der Waals surface area contributed by atoms with Crippen LogP contribution in [-0.2, 0) is 9.59 Å². The summed E-state index contributed by atoms with van der Waals surface area (Å²) in [5.41, 5.74) is 3.80. The maximum absolute atomic E-state index is 13.4. The Kier molecular flexibility index (Phi) is 6.42. The number of carbonyl (C=O) groups is 2. The predicted molar refractivity (Wildman–Crippen MR) is 127 cm³/mol. The molecule has 0 aromatic heterocycles. The second-order valence-corrected chi connectivity index (χ2v) is 8.60. The van der Waals surface area contributed by atoms with Crippen LogP contribution in [0.25, 0.3) is 0 Å². The lowest BCUT2D eigenvalue weighted by atomic mass is 9.93. The van der Waals surface area contributed by atoms with Gasteiger partial charge in [-0.15, -0.1) is 0 Å². The second kappa shape index (κ2) is 9.39. The number of nitrogens with zero attached hydrogens (tertiary/aromatic N) is 2. The summed E-state index contributed by atoms with van der Waals surface area (Å²) in [6.45, 7) is 4.55. The maximum atomic E-state index is 13.4. The molecule has 0 bridgehead atoms. The smallest absolute Gasteiger partial charge is 0.255 e. The highest BCUT2D eigenvalue weighted by molar-refractivity contribution is 8.13. The second-order valence-electron chi connectivity index (χ2n) is 7.54. The Balaban J connectivity index is 1.73. The molecule has 7 heteroatoms. The summed E-state index contributed by atoms with van der Waals surface area (Å²) in [6, 6.07) is 17.0. The molecule has 2 amide bonds. The third-order valence-corrected chi connectivity index (χ3v) is 6.42. The Hall–Kier alpha value is -3.06. The molecule has 2 aliphatic rings. The van der Waals surface area contributed by atoms with Gasteiger partial charge in [0.1, 0.15) is 0 Å². The van der Waals surface area contributed by atoms with E-state index >= 15 is 0 Å². The Labute approximate surface area is 186 Å². The van der Waals surface area contributed by atoms with Crippen LogP contribution in [0.2, 0.25) is 0 Å². The van der Waals surface area contributed by atoms with Crippen LogP contribution < -0.4 is 10.6 Å². The molecule has 2 aromatic carbocycles. The largest absolute Gasteiger partial charge is 0.340 e. The molecular weight excluding hydrogens is 408 g/mol. The number of fused-ring (bicyclic) bond motifs is 1. The zero-order chi connectivity index (χ0) is 21.8. The molecule has 6 nitrogen and oxygen atoms in total. The van der Waals surface area contributed by atoms with Gasteiger partial charge in [0.2, 0.25) is 5.91 Å². The number of benzene rings is 2. The first-order valence-electron chi connectivity index (χ1n) is 10.5. The molecule has 1 atom stereocenters. The van der Waals surface area contributed by atoms with Crippen molar-refractivity contribution in [1.29, 1.82) is 0 Å². The highest BCUT2D eigenvalue weighted by Crippen LogP contribution is 2.40. The summed E-state index contributed by atoms with van der Waals surface area (Å²) in [5, 5.41) is 6.90. The summed E-state index contributed by atoms with van der Waals surface area (Å²) < 4.78 is 0. The van der Waals surface area contributed by atoms with Gasteiger partial charge in [0.15, 0.2) is 5.17 Å². The molecule has 2 aliphatic heterocycles. The Morgan fingerprint density at radius 3 is 2.65 bits per heavy atom. The highest BCUT2D eigenvalue weighted by atomic mass is 32.2. The van der Waals surface area contributed by atoms with Crippen molar-refractivity contribution in [2.75, 3.05) is 22.9 Å². The number of aliphatic imine (C=N–C) groups is 1. The Morgan fingerprint density at radius 2 is 1.87 bits per heavy atom. The van der Waals surface area contributed by atoms with Crippen LogP contribution in [-0.4, -0.2) is 34.2 Å². The van der Waals surface area contributed by atoms with Crippen LogP contribution >= 0.6 is 11.8 Å². The normalized spacial score (nSPS) is 18.2. The standard InChI is InChI=1S/C24H26N4O2S/c1-3-20(29)26-19-12-7-9-17(15-19)22-21(23(30)27-18-10-5-4-6-11-18)16(2)25-24-28(22)13-8-14-31-24/h4-7,9-12,15,22H,3,8,13-14H2,1-2H3,(H,26,29)(H,27,30). The lowest BCUT2D eigenvalue weighted by Gasteiger charge is -2.41. The molecule has 1 fully saturated rings. The number of nitrogens with one attached hydrogen (secondary N) is 2. The number of hydrogen-bond acceptors (Lipinski definition) is 5. The average molecular weight is 435 g/mol. The van der Waals surface area contributed by atoms with Gasteiger partial charge >= 0.3 is 0 Å². The summed E-state index contributed by atoms with van der Waals surface area (Å²) in [7, 11) is 0. The van der Waals surface area contributed by atoms with Crippen LogP contribution in [0.15, 0.2) is 70.9 Å². The fraction of sp³-hybridized carbons (Fsp3) is 0.292. The minimum absolute atomic E-state index is 0.0367. The van der Waals surface area contributed by atoms with Gasteiger partial charge in [-0.1, -0.05) is 49.0 Å². The molecule has 1 unspecified atom stereocenters. The third-order valence-electron chi connectivity index (χ3n) is 5.34. The number of carbonyl (C=O) groups excluding carboxylic acids is 2. The number of amidine groups is 1. The quantitative estimate of drug-likeness (QED) is 0.709. The van der Waals surface area contributed by atoms with Crippen molar-refractivity contribution < 1.29 is 9.59 Å². The molecular formula is C24H26N4O2S. The number of para-hydroxylation sites is 1. The first kappa shape index (κ1) is 21.2. The fourth-order valence-electron chi connectivity index (χ4n) is 3.86. The van der Waals surface area contributed by atoms with E-state index in [1.807, 2.05) is 68.4 Å². The summed E-state index contributed by atoms with van der Waals surface area (Å²) in [4.78, 5) is 32.3. The zero-order valence-electron chi connectivity index (χ0n) is 17.7. The molecule has 1 saturated heterocycles. The molecule has 0 saturated carbocycles. The summed E-state index contributed by atoms with van der Waals surface area (Å²) in [6.07, 6.45) is 1.44. The maximum Gasteiger partial charge on any atom is 0.255 e. The van der Waals surface area contributed by atoms with E-state index in [0.717, 1.165) is 46.5 Å². The van der Waals surface area contributed by atoms with Crippen LogP contribution in [0.5, 0.6) is 0 Å². The number of rotatable bonds is 5. The first-order chi connectivity index (χ1) is 15.1. The van der Waals surface area contributed by atoms with Crippen molar-refractivity contribution in [2.24, 2.45) is 4.99 Å². The van der Waals surface area contributed by atoms with Crippen LogP contribution in [0, 0.1) is 0 Å². The summed E-state index contributed by atoms with van der Waals surface area (Å²) in [5.74, 6) is 0.827. The Bertz CT molecular complexity index is 1050. The number of allylic oxidation sites excluding steroid dienone is 1. The van der Waals surface area contributed by atoms with Crippen molar-refractivity contribution >= 4 is 40.1 Å². The molecule has 2 heterocycles. The minimum atomic E-state index is -0.262. The Morgan fingerprint density at radius 1 is 1.10 bits per heavy atom. The molecule has 2 N–H and O–H groups in total. The first-order valence-corrected chi connectivity index (χ1v) is 11.5. The molecule has 0 aliphatic carbocycles. The zero-order valence-corrected chi connectivity index (χ0v) is 18.5. The molecule has 4 rings (SSSR count). The molecule has 31 heavy (non-hydrogen) atoms. The summed E-state index contributed by atoms with van der Waals surface area (Å²) >= 11 is 1.73. The predicted octanol–water partition coefficient (Wildman–Crippen LogP) is 4.80. The van der Waals surface area contributed by atoms with Gasteiger partial charge < -0.3 is 15.5 Å². The lowest BCUT2D eigenvalue weighted by Crippen LogP contribution is -2.43. The van der Waals surface area contributed by atoms with Crippen LogP contribution in [0.1, 0.15) is 38.3 Å². The van der Waals surface area contributed by atoms with Crippen molar-refractivity contribution in [3.05, 3.63) is 71.4 Å². The van der Waals surface area contributed by atoms with Gasteiger partial charge in [0.05, 0.1) is 17.3 Å².